The minimum Gasteiger partial charge on any atom is -0.480 e. The van der Waals surface area contributed by atoms with Crippen molar-refractivity contribution >= 4 is 17.8 Å². The Bertz CT molecular complexity index is 277. The number of aliphatic carboxylic acids is 1. The monoisotopic (exact) mass is 200 g/mol. The lowest BCUT2D eigenvalue weighted by Gasteiger charge is -2.19. The van der Waals surface area contributed by atoms with Crippen molar-refractivity contribution in [3.63, 3.8) is 0 Å². The molecule has 1 aliphatic rings. The predicted octanol–water partition coefficient (Wildman–Crippen LogP) is -1.19. The molecular weight excluding hydrogens is 188 g/mol. The molecule has 2 amide bonds. The summed E-state index contributed by atoms with van der Waals surface area (Å²) in [6, 6.07) is -0.201. The van der Waals surface area contributed by atoms with Gasteiger partial charge in [0.15, 0.2) is 0 Å². The van der Waals surface area contributed by atoms with E-state index in [9.17, 15) is 14.4 Å². The Morgan fingerprint density at radius 3 is 2.86 bits per heavy atom. The zero-order valence-electron chi connectivity index (χ0n) is 7.82. The average Bonchev–Trinajstić information content (AvgIpc) is 2.10. The molecule has 1 fully saturated rings. The smallest absolute Gasteiger partial charge is 0.323 e. The molecule has 6 heteroatoms. The van der Waals surface area contributed by atoms with Gasteiger partial charge in [0.2, 0.25) is 11.8 Å². The van der Waals surface area contributed by atoms with Gasteiger partial charge in [0.05, 0.1) is 0 Å². The summed E-state index contributed by atoms with van der Waals surface area (Å²) < 4.78 is 0. The highest BCUT2D eigenvalue weighted by Gasteiger charge is 2.25. The maximum absolute atomic E-state index is 11.3. The molecule has 1 unspecified atom stereocenters. The van der Waals surface area contributed by atoms with Crippen molar-refractivity contribution in [2.24, 2.45) is 0 Å². The Kier molecular flexibility index (Phi) is 3.06. The van der Waals surface area contributed by atoms with E-state index in [0.717, 1.165) is 0 Å². The number of carbonyl (C=O) groups is 3. The average molecular weight is 200 g/mol. The standard InChI is InChI=1S/C8H12N2O4/c1-5-3-10(4-8(13)14)7(12)2-6(11)9-5/h5H,2-4H2,1H3,(H,9,11)(H,13,14). The van der Waals surface area contributed by atoms with Crippen LogP contribution in [0.1, 0.15) is 13.3 Å². The summed E-state index contributed by atoms with van der Waals surface area (Å²) in [7, 11) is 0. The summed E-state index contributed by atoms with van der Waals surface area (Å²) in [5, 5.41) is 11.1. The third-order valence-corrected chi connectivity index (χ3v) is 1.89. The lowest BCUT2D eigenvalue weighted by Crippen LogP contribution is -2.40. The van der Waals surface area contributed by atoms with Crippen molar-refractivity contribution in [1.29, 1.82) is 0 Å². The number of nitrogens with one attached hydrogen (secondary N) is 1. The molecule has 1 aliphatic heterocycles. The highest BCUT2D eigenvalue weighted by Crippen LogP contribution is 2.02. The van der Waals surface area contributed by atoms with Gasteiger partial charge in [0, 0.05) is 12.6 Å². The van der Waals surface area contributed by atoms with Crippen LogP contribution in [0, 0.1) is 0 Å². The molecule has 1 saturated heterocycles. The number of carbonyl (C=O) groups excluding carboxylic acids is 2. The van der Waals surface area contributed by atoms with Crippen molar-refractivity contribution in [1.82, 2.24) is 10.2 Å². The second-order valence-corrected chi connectivity index (χ2v) is 3.31. The van der Waals surface area contributed by atoms with E-state index in [1.165, 1.54) is 4.90 Å². The van der Waals surface area contributed by atoms with E-state index in [0.29, 0.717) is 0 Å². The van der Waals surface area contributed by atoms with E-state index < -0.39 is 11.9 Å². The van der Waals surface area contributed by atoms with Crippen LogP contribution < -0.4 is 5.32 Å². The molecule has 0 aromatic rings. The van der Waals surface area contributed by atoms with Crippen LogP contribution in [-0.2, 0) is 14.4 Å². The van der Waals surface area contributed by atoms with Crippen LogP contribution >= 0.6 is 0 Å². The molecule has 78 valence electrons. The summed E-state index contributed by atoms with van der Waals surface area (Å²) in [5.74, 6) is -1.86. The van der Waals surface area contributed by atoms with Crippen molar-refractivity contribution < 1.29 is 19.5 Å². The molecule has 0 radical (unpaired) electrons. The van der Waals surface area contributed by atoms with Crippen LogP contribution in [0.4, 0.5) is 0 Å². The molecule has 1 heterocycles. The molecule has 1 atom stereocenters. The lowest BCUT2D eigenvalue weighted by atomic mass is 10.3. The van der Waals surface area contributed by atoms with Crippen LogP contribution in [0.5, 0.6) is 0 Å². The van der Waals surface area contributed by atoms with Gasteiger partial charge in [-0.2, -0.15) is 0 Å². The predicted molar refractivity (Wildman–Crippen MR) is 46.4 cm³/mol. The zero-order valence-corrected chi connectivity index (χ0v) is 7.82. The molecule has 0 aromatic carbocycles. The van der Waals surface area contributed by atoms with E-state index in [1.807, 2.05) is 0 Å². The Morgan fingerprint density at radius 2 is 2.29 bits per heavy atom. The first-order chi connectivity index (χ1) is 6.49. The second-order valence-electron chi connectivity index (χ2n) is 3.31. The number of nitrogens with zero attached hydrogens (tertiary/aromatic N) is 1. The second kappa shape index (κ2) is 4.08. The fourth-order valence-electron chi connectivity index (χ4n) is 1.37. The third-order valence-electron chi connectivity index (χ3n) is 1.89. The molecular formula is C8H12N2O4. The quantitative estimate of drug-likeness (QED) is 0.548. The fraction of sp³-hybridized carbons (Fsp3) is 0.625. The molecule has 0 spiro atoms. The first kappa shape index (κ1) is 10.5. The third kappa shape index (κ3) is 2.72. The number of carboxylic acids is 1. The SMILES string of the molecule is CC1CN(CC(=O)O)C(=O)CC(=O)N1. The Balaban J connectivity index is 2.68. The van der Waals surface area contributed by atoms with Gasteiger partial charge in [-0.25, -0.2) is 0 Å². The summed E-state index contributed by atoms with van der Waals surface area (Å²) in [4.78, 5) is 33.9. The molecule has 0 bridgehead atoms. The molecule has 0 aromatic heterocycles. The van der Waals surface area contributed by atoms with E-state index in [-0.39, 0.29) is 31.5 Å². The largest absolute Gasteiger partial charge is 0.480 e. The van der Waals surface area contributed by atoms with Gasteiger partial charge in [0.1, 0.15) is 13.0 Å². The van der Waals surface area contributed by atoms with Gasteiger partial charge < -0.3 is 15.3 Å². The molecule has 6 nitrogen and oxygen atoms in total. The number of carboxylic acid groups (broad SMARTS) is 1. The Hall–Kier alpha value is -1.59. The number of amides is 2. The van der Waals surface area contributed by atoms with Gasteiger partial charge in [-0.3, -0.25) is 14.4 Å². The van der Waals surface area contributed by atoms with Gasteiger partial charge in [-0.05, 0) is 6.92 Å². The minimum atomic E-state index is -1.07. The number of hydrogen-bond donors (Lipinski definition) is 2. The molecule has 0 saturated carbocycles. The number of rotatable bonds is 2. The van der Waals surface area contributed by atoms with E-state index in [4.69, 9.17) is 5.11 Å². The normalized spacial score (nSPS) is 22.9. The zero-order chi connectivity index (χ0) is 10.7. The lowest BCUT2D eigenvalue weighted by molar-refractivity contribution is -0.145. The highest BCUT2D eigenvalue weighted by molar-refractivity contribution is 5.98. The van der Waals surface area contributed by atoms with Crippen molar-refractivity contribution in [3.8, 4) is 0 Å². The maximum atomic E-state index is 11.3. The molecule has 14 heavy (non-hydrogen) atoms. The topological polar surface area (TPSA) is 86.7 Å². The van der Waals surface area contributed by atoms with Crippen LogP contribution in [0.25, 0.3) is 0 Å². The molecule has 2 N–H and O–H groups in total. The first-order valence-corrected chi connectivity index (χ1v) is 4.28. The Labute approximate surface area is 80.9 Å². The highest BCUT2D eigenvalue weighted by atomic mass is 16.4. The van der Waals surface area contributed by atoms with Crippen molar-refractivity contribution in [3.05, 3.63) is 0 Å². The van der Waals surface area contributed by atoms with Gasteiger partial charge in [0.25, 0.3) is 0 Å². The maximum Gasteiger partial charge on any atom is 0.323 e. The summed E-state index contributed by atoms with van der Waals surface area (Å²) in [6.45, 7) is 1.63. The van der Waals surface area contributed by atoms with Gasteiger partial charge in [-0.1, -0.05) is 0 Å². The van der Waals surface area contributed by atoms with Crippen LogP contribution in [0.2, 0.25) is 0 Å². The number of hydrogen-bond acceptors (Lipinski definition) is 3. The van der Waals surface area contributed by atoms with Gasteiger partial charge in [-0.15, -0.1) is 0 Å². The van der Waals surface area contributed by atoms with Gasteiger partial charge >= 0.3 is 5.97 Å². The summed E-state index contributed by atoms with van der Waals surface area (Å²) in [5.41, 5.74) is 0. The van der Waals surface area contributed by atoms with E-state index in [2.05, 4.69) is 5.32 Å². The van der Waals surface area contributed by atoms with E-state index in [1.54, 1.807) is 6.92 Å². The molecule has 1 rings (SSSR count). The van der Waals surface area contributed by atoms with Crippen LogP contribution in [0.3, 0.4) is 0 Å². The molecule has 0 aliphatic carbocycles. The van der Waals surface area contributed by atoms with Crippen molar-refractivity contribution in [2.45, 2.75) is 19.4 Å². The summed E-state index contributed by atoms with van der Waals surface area (Å²) >= 11 is 0. The van der Waals surface area contributed by atoms with Crippen molar-refractivity contribution in [2.75, 3.05) is 13.1 Å². The first-order valence-electron chi connectivity index (χ1n) is 4.28. The summed E-state index contributed by atoms with van der Waals surface area (Å²) in [6.07, 6.45) is -0.266. The van der Waals surface area contributed by atoms with E-state index >= 15 is 0 Å². The van der Waals surface area contributed by atoms with Crippen LogP contribution in [0.15, 0.2) is 0 Å². The Morgan fingerprint density at radius 1 is 1.64 bits per heavy atom. The minimum absolute atomic E-state index is 0.201. The fourth-order valence-corrected chi connectivity index (χ4v) is 1.37. The van der Waals surface area contributed by atoms with Crippen LogP contribution in [-0.4, -0.2) is 46.9 Å².